The fraction of sp³-hybridized carbons (Fsp3) is 0.812. The van der Waals surface area contributed by atoms with Crippen molar-refractivity contribution < 1.29 is 9.32 Å². The molecule has 1 aromatic rings. The van der Waals surface area contributed by atoms with Crippen LogP contribution >= 0.6 is 0 Å². The van der Waals surface area contributed by atoms with E-state index in [0.717, 1.165) is 49.9 Å². The molecule has 0 spiro atoms. The fourth-order valence-corrected chi connectivity index (χ4v) is 3.74. The van der Waals surface area contributed by atoms with Gasteiger partial charge in [-0.2, -0.15) is 4.98 Å². The Kier molecular flexibility index (Phi) is 3.43. The molecule has 114 valence electrons. The molecule has 2 aliphatic carbocycles. The molecule has 2 heterocycles. The molecule has 3 aliphatic rings. The number of aromatic nitrogens is 2. The van der Waals surface area contributed by atoms with E-state index in [1.165, 1.54) is 25.7 Å². The normalized spacial score (nSPS) is 27.5. The zero-order chi connectivity index (χ0) is 14.2. The third-order valence-electron chi connectivity index (χ3n) is 5.21. The number of nitrogens with zero attached hydrogens (tertiary/aromatic N) is 3. The molecular formula is C16H23N3O2. The lowest BCUT2D eigenvalue weighted by atomic mass is 9.95. The predicted molar refractivity (Wildman–Crippen MR) is 76.7 cm³/mol. The summed E-state index contributed by atoms with van der Waals surface area (Å²) in [6.45, 7) is 0.772. The molecule has 0 aromatic carbocycles. The summed E-state index contributed by atoms with van der Waals surface area (Å²) in [7, 11) is 0. The highest BCUT2D eigenvalue weighted by Crippen LogP contribution is 2.34. The minimum absolute atomic E-state index is 0.240. The average molecular weight is 289 g/mol. The van der Waals surface area contributed by atoms with Crippen molar-refractivity contribution in [2.24, 2.45) is 5.92 Å². The van der Waals surface area contributed by atoms with E-state index in [4.69, 9.17) is 4.52 Å². The van der Waals surface area contributed by atoms with Gasteiger partial charge in [-0.1, -0.05) is 18.0 Å². The number of likely N-dealkylation sites (tertiary alicyclic amines) is 1. The van der Waals surface area contributed by atoms with E-state index in [0.29, 0.717) is 18.4 Å². The van der Waals surface area contributed by atoms with Crippen LogP contribution in [0.5, 0.6) is 0 Å². The second kappa shape index (κ2) is 5.43. The van der Waals surface area contributed by atoms with Crippen molar-refractivity contribution in [1.82, 2.24) is 15.0 Å². The Morgan fingerprint density at radius 3 is 2.71 bits per heavy atom. The van der Waals surface area contributed by atoms with Crippen LogP contribution in [0, 0.1) is 5.92 Å². The van der Waals surface area contributed by atoms with Gasteiger partial charge in [-0.3, -0.25) is 4.79 Å². The molecule has 1 amide bonds. The number of piperidine rings is 1. The highest BCUT2D eigenvalue weighted by molar-refractivity contribution is 5.77. The second-order valence-electron chi connectivity index (χ2n) is 6.92. The van der Waals surface area contributed by atoms with Gasteiger partial charge in [0, 0.05) is 25.4 Å². The Hall–Kier alpha value is -1.39. The van der Waals surface area contributed by atoms with Gasteiger partial charge in [-0.05, 0) is 38.0 Å². The number of hydrogen-bond donors (Lipinski definition) is 0. The first-order valence-electron chi connectivity index (χ1n) is 8.41. The van der Waals surface area contributed by atoms with Crippen LogP contribution in [0.25, 0.3) is 0 Å². The maximum Gasteiger partial charge on any atom is 0.231 e. The van der Waals surface area contributed by atoms with Crippen LogP contribution in [0.4, 0.5) is 0 Å². The molecule has 5 heteroatoms. The van der Waals surface area contributed by atoms with E-state index < -0.39 is 0 Å². The third-order valence-corrected chi connectivity index (χ3v) is 5.21. The molecule has 1 unspecified atom stereocenters. The van der Waals surface area contributed by atoms with Crippen LogP contribution in [0.15, 0.2) is 4.52 Å². The van der Waals surface area contributed by atoms with E-state index in [9.17, 15) is 4.79 Å². The molecule has 21 heavy (non-hydrogen) atoms. The summed E-state index contributed by atoms with van der Waals surface area (Å²) in [5.41, 5.74) is 0. The van der Waals surface area contributed by atoms with E-state index in [2.05, 4.69) is 15.0 Å². The summed E-state index contributed by atoms with van der Waals surface area (Å²) in [6.07, 6.45) is 9.88. The Morgan fingerprint density at radius 1 is 1.14 bits per heavy atom. The highest BCUT2D eigenvalue weighted by atomic mass is 16.5. The van der Waals surface area contributed by atoms with Gasteiger partial charge >= 0.3 is 0 Å². The maximum atomic E-state index is 12.2. The molecule has 0 radical (unpaired) electrons. The predicted octanol–water partition coefficient (Wildman–Crippen LogP) is 2.67. The monoisotopic (exact) mass is 289 g/mol. The Labute approximate surface area is 125 Å². The molecule has 3 fully saturated rings. The lowest BCUT2D eigenvalue weighted by Gasteiger charge is -2.35. The van der Waals surface area contributed by atoms with Gasteiger partial charge in [0.15, 0.2) is 5.82 Å². The summed E-state index contributed by atoms with van der Waals surface area (Å²) in [5.74, 6) is 2.94. The molecule has 1 aromatic heterocycles. The first kappa shape index (κ1) is 13.3. The molecule has 0 bridgehead atoms. The number of hydrogen-bond acceptors (Lipinski definition) is 4. The number of carbonyl (C=O) groups is 1. The summed E-state index contributed by atoms with van der Waals surface area (Å²) in [5, 5.41) is 4.12. The van der Waals surface area contributed by atoms with Crippen LogP contribution in [0.3, 0.4) is 0 Å². The molecule has 1 aliphatic heterocycles. The standard InChI is InChI=1S/C16H23N3O2/c20-15-8-7-12(10-19(15)13-3-1-2-4-13)16-17-14(18-21-16)9-11-5-6-11/h11-13H,1-10H2. The lowest BCUT2D eigenvalue weighted by Crippen LogP contribution is -2.44. The third kappa shape index (κ3) is 2.83. The van der Waals surface area contributed by atoms with Gasteiger partial charge in [-0.15, -0.1) is 0 Å². The van der Waals surface area contributed by atoms with Crippen LogP contribution in [0.1, 0.15) is 69.0 Å². The fourth-order valence-electron chi connectivity index (χ4n) is 3.74. The van der Waals surface area contributed by atoms with Crippen molar-refractivity contribution in [3.05, 3.63) is 11.7 Å². The van der Waals surface area contributed by atoms with Gasteiger partial charge < -0.3 is 9.42 Å². The molecular weight excluding hydrogens is 266 g/mol. The van der Waals surface area contributed by atoms with Gasteiger partial charge in [0.05, 0.1) is 5.92 Å². The highest BCUT2D eigenvalue weighted by Gasteiger charge is 2.35. The van der Waals surface area contributed by atoms with Crippen molar-refractivity contribution in [1.29, 1.82) is 0 Å². The van der Waals surface area contributed by atoms with Crippen molar-refractivity contribution in [2.45, 2.75) is 69.7 Å². The van der Waals surface area contributed by atoms with Gasteiger partial charge in [-0.25, -0.2) is 0 Å². The second-order valence-corrected chi connectivity index (χ2v) is 6.92. The summed E-state index contributed by atoms with van der Waals surface area (Å²) < 4.78 is 5.48. The van der Waals surface area contributed by atoms with E-state index in [1.807, 2.05) is 0 Å². The van der Waals surface area contributed by atoms with Crippen molar-refractivity contribution in [3.63, 3.8) is 0 Å². The molecule has 2 saturated carbocycles. The molecule has 4 rings (SSSR count). The number of rotatable bonds is 4. The molecule has 1 saturated heterocycles. The smallest absolute Gasteiger partial charge is 0.231 e. The molecule has 5 nitrogen and oxygen atoms in total. The Morgan fingerprint density at radius 2 is 1.95 bits per heavy atom. The zero-order valence-corrected chi connectivity index (χ0v) is 12.5. The van der Waals surface area contributed by atoms with Crippen molar-refractivity contribution in [2.75, 3.05) is 6.54 Å². The lowest BCUT2D eigenvalue weighted by molar-refractivity contribution is -0.136. The minimum Gasteiger partial charge on any atom is -0.339 e. The maximum absolute atomic E-state index is 12.2. The molecule has 0 N–H and O–H groups in total. The van der Waals surface area contributed by atoms with Crippen LogP contribution in [0.2, 0.25) is 0 Å². The summed E-state index contributed by atoms with van der Waals surface area (Å²) >= 11 is 0. The zero-order valence-electron chi connectivity index (χ0n) is 12.5. The van der Waals surface area contributed by atoms with Gasteiger partial charge in [0.1, 0.15) is 0 Å². The number of carbonyl (C=O) groups excluding carboxylic acids is 1. The van der Waals surface area contributed by atoms with E-state index in [1.54, 1.807) is 0 Å². The average Bonchev–Trinajstić information content (AvgIpc) is 2.97. The first-order chi connectivity index (χ1) is 10.3. The van der Waals surface area contributed by atoms with Gasteiger partial charge in [0.25, 0.3) is 0 Å². The summed E-state index contributed by atoms with van der Waals surface area (Å²) in [4.78, 5) is 18.9. The largest absolute Gasteiger partial charge is 0.339 e. The first-order valence-corrected chi connectivity index (χ1v) is 8.41. The van der Waals surface area contributed by atoms with Crippen LogP contribution in [-0.2, 0) is 11.2 Å². The summed E-state index contributed by atoms with van der Waals surface area (Å²) in [6, 6.07) is 0.453. The SMILES string of the molecule is O=C1CCC(c2nc(CC3CC3)no2)CN1C1CCCC1. The van der Waals surface area contributed by atoms with E-state index >= 15 is 0 Å². The number of amides is 1. The Balaban J connectivity index is 1.44. The van der Waals surface area contributed by atoms with Gasteiger partial charge in [0.2, 0.25) is 11.8 Å². The van der Waals surface area contributed by atoms with Crippen molar-refractivity contribution in [3.8, 4) is 0 Å². The topological polar surface area (TPSA) is 59.2 Å². The van der Waals surface area contributed by atoms with Crippen molar-refractivity contribution >= 4 is 5.91 Å². The Bertz CT molecular complexity index is 517. The minimum atomic E-state index is 0.240. The molecule has 1 atom stereocenters. The van der Waals surface area contributed by atoms with Crippen LogP contribution in [-0.4, -0.2) is 33.5 Å². The van der Waals surface area contributed by atoms with E-state index in [-0.39, 0.29) is 5.92 Å². The quantitative estimate of drug-likeness (QED) is 0.855. The van der Waals surface area contributed by atoms with Crippen LogP contribution < -0.4 is 0 Å².